The smallest absolute Gasteiger partial charge is 0.0921 e. The van der Waals surface area contributed by atoms with Gasteiger partial charge in [0.25, 0.3) is 0 Å². The number of hydrogen-bond acceptors (Lipinski definition) is 2. The highest BCUT2D eigenvalue weighted by Crippen LogP contribution is 2.23. The fraction of sp³-hybridized carbons (Fsp3) is 0.0909. The second-order valence-corrected chi connectivity index (χ2v) is 5.18. The van der Waals surface area contributed by atoms with Crippen LogP contribution >= 0.6 is 0 Å². The molecular formula is C22H22N2. The molecular weight excluding hydrogens is 292 g/mol. The van der Waals surface area contributed by atoms with Gasteiger partial charge in [0.05, 0.1) is 23.3 Å². The van der Waals surface area contributed by atoms with Crippen LogP contribution in [0.25, 0.3) is 22.5 Å². The number of nitrogens with zero attached hydrogens (tertiary/aromatic N) is 2. The summed E-state index contributed by atoms with van der Waals surface area (Å²) in [4.78, 5) is 9.22. The van der Waals surface area contributed by atoms with Crippen LogP contribution in [0.1, 0.15) is 12.6 Å². The Labute approximate surface area is 144 Å². The molecule has 0 unspecified atom stereocenters. The molecule has 3 rings (SSSR count). The Hall–Kier alpha value is -3.00. The number of allylic oxidation sites excluding steroid dienone is 3. The van der Waals surface area contributed by atoms with Crippen LogP contribution in [0.2, 0.25) is 0 Å². The minimum absolute atomic E-state index is 0.907. The number of rotatable bonds is 3. The zero-order valence-electron chi connectivity index (χ0n) is 14.2. The molecule has 0 aliphatic rings. The van der Waals surface area contributed by atoms with Crippen molar-refractivity contribution in [3.63, 3.8) is 0 Å². The van der Waals surface area contributed by atoms with Gasteiger partial charge in [0, 0.05) is 11.1 Å². The lowest BCUT2D eigenvalue weighted by Gasteiger charge is -2.07. The molecule has 3 aromatic rings. The molecule has 24 heavy (non-hydrogen) atoms. The fourth-order valence-electron chi connectivity index (χ4n) is 2.20. The summed E-state index contributed by atoms with van der Waals surface area (Å²) in [6, 6.07) is 20.3. The van der Waals surface area contributed by atoms with Crippen LogP contribution in [-0.2, 0) is 0 Å². The van der Waals surface area contributed by atoms with Crippen LogP contribution in [0, 0.1) is 6.92 Å². The number of benzene rings is 2. The summed E-state index contributed by atoms with van der Waals surface area (Å²) in [6.07, 6.45) is 7.41. The van der Waals surface area contributed by atoms with Gasteiger partial charge in [0.1, 0.15) is 0 Å². The Kier molecular flexibility index (Phi) is 6.66. The molecule has 0 fully saturated rings. The molecule has 1 heterocycles. The summed E-state index contributed by atoms with van der Waals surface area (Å²) in [5.41, 5.74) is 5.00. The SMILES string of the molecule is C=C/C=C\C.Cc1ncc(-c2ccccc2)nc1-c1ccccc1. The Morgan fingerprint density at radius 1 is 0.875 bits per heavy atom. The molecule has 0 amide bonds. The molecule has 0 saturated carbocycles. The first-order valence-electron chi connectivity index (χ1n) is 7.94. The summed E-state index contributed by atoms with van der Waals surface area (Å²) in [5.74, 6) is 0. The van der Waals surface area contributed by atoms with E-state index >= 15 is 0 Å². The highest BCUT2D eigenvalue weighted by atomic mass is 14.8. The van der Waals surface area contributed by atoms with E-state index in [4.69, 9.17) is 4.98 Å². The fourth-order valence-corrected chi connectivity index (χ4v) is 2.20. The molecule has 0 bridgehead atoms. The third kappa shape index (κ3) is 4.75. The summed E-state index contributed by atoms with van der Waals surface area (Å²) >= 11 is 0. The zero-order chi connectivity index (χ0) is 17.2. The van der Waals surface area contributed by atoms with E-state index in [-0.39, 0.29) is 0 Å². The summed E-state index contributed by atoms with van der Waals surface area (Å²) in [7, 11) is 0. The van der Waals surface area contributed by atoms with E-state index in [9.17, 15) is 0 Å². The third-order valence-electron chi connectivity index (χ3n) is 3.40. The van der Waals surface area contributed by atoms with Gasteiger partial charge in [-0.3, -0.25) is 4.98 Å². The molecule has 2 nitrogen and oxygen atoms in total. The molecule has 0 N–H and O–H groups in total. The molecule has 1 aromatic heterocycles. The Bertz CT molecular complexity index is 791. The van der Waals surface area contributed by atoms with Crippen molar-refractivity contribution in [1.82, 2.24) is 9.97 Å². The van der Waals surface area contributed by atoms with E-state index in [0.29, 0.717) is 0 Å². The summed E-state index contributed by atoms with van der Waals surface area (Å²) in [6.45, 7) is 7.41. The molecule has 0 aliphatic carbocycles. The standard InChI is InChI=1S/C17H14N2.C5H8/c1-13-17(15-10-6-3-7-11-15)19-16(12-18-13)14-8-4-2-5-9-14;1-3-5-4-2/h2-12H,1H3;3-5H,1H2,2H3/b;5-4-. The maximum Gasteiger partial charge on any atom is 0.0921 e. The van der Waals surface area contributed by atoms with Gasteiger partial charge in [-0.05, 0) is 13.8 Å². The predicted molar refractivity (Wildman–Crippen MR) is 103 cm³/mol. The highest BCUT2D eigenvalue weighted by Gasteiger charge is 2.07. The largest absolute Gasteiger partial charge is 0.257 e. The van der Waals surface area contributed by atoms with E-state index in [1.807, 2.05) is 80.7 Å². The summed E-state index contributed by atoms with van der Waals surface area (Å²) < 4.78 is 0. The van der Waals surface area contributed by atoms with Gasteiger partial charge in [0.2, 0.25) is 0 Å². The van der Waals surface area contributed by atoms with Gasteiger partial charge in [-0.15, -0.1) is 0 Å². The van der Waals surface area contributed by atoms with Gasteiger partial charge < -0.3 is 0 Å². The van der Waals surface area contributed by atoms with Gasteiger partial charge >= 0.3 is 0 Å². The molecule has 0 atom stereocenters. The average Bonchev–Trinajstić information content (AvgIpc) is 2.65. The molecule has 2 aromatic carbocycles. The average molecular weight is 314 g/mol. The van der Waals surface area contributed by atoms with E-state index in [1.165, 1.54) is 0 Å². The van der Waals surface area contributed by atoms with Crippen LogP contribution in [0.5, 0.6) is 0 Å². The minimum atomic E-state index is 0.907. The minimum Gasteiger partial charge on any atom is -0.257 e. The second kappa shape index (κ2) is 9.21. The molecule has 2 heteroatoms. The molecule has 0 saturated heterocycles. The first-order valence-corrected chi connectivity index (χ1v) is 7.94. The Morgan fingerprint density at radius 2 is 1.46 bits per heavy atom. The quantitative estimate of drug-likeness (QED) is 0.565. The van der Waals surface area contributed by atoms with E-state index in [1.54, 1.807) is 6.08 Å². The zero-order valence-corrected chi connectivity index (χ0v) is 14.2. The highest BCUT2D eigenvalue weighted by molar-refractivity contribution is 5.66. The summed E-state index contributed by atoms with van der Waals surface area (Å²) in [5, 5.41) is 0. The Morgan fingerprint density at radius 3 is 1.96 bits per heavy atom. The monoisotopic (exact) mass is 314 g/mol. The predicted octanol–water partition coefficient (Wildman–Crippen LogP) is 5.87. The number of hydrogen-bond donors (Lipinski definition) is 0. The maximum absolute atomic E-state index is 4.75. The van der Waals surface area contributed by atoms with Crippen LogP contribution < -0.4 is 0 Å². The number of aryl methyl sites for hydroxylation is 1. The van der Waals surface area contributed by atoms with Crippen molar-refractivity contribution in [2.24, 2.45) is 0 Å². The topological polar surface area (TPSA) is 25.8 Å². The lowest BCUT2D eigenvalue weighted by molar-refractivity contribution is 1.13. The Balaban J connectivity index is 0.000000368. The molecule has 120 valence electrons. The van der Waals surface area contributed by atoms with Crippen LogP contribution in [0.15, 0.2) is 91.7 Å². The van der Waals surface area contributed by atoms with Crippen molar-refractivity contribution in [1.29, 1.82) is 0 Å². The van der Waals surface area contributed by atoms with Crippen molar-refractivity contribution in [3.8, 4) is 22.5 Å². The van der Waals surface area contributed by atoms with Gasteiger partial charge in [0.15, 0.2) is 0 Å². The van der Waals surface area contributed by atoms with E-state index in [0.717, 1.165) is 28.2 Å². The van der Waals surface area contributed by atoms with Crippen LogP contribution in [-0.4, -0.2) is 9.97 Å². The second-order valence-electron chi connectivity index (χ2n) is 5.18. The molecule has 0 aliphatic heterocycles. The lowest BCUT2D eigenvalue weighted by atomic mass is 10.1. The van der Waals surface area contributed by atoms with E-state index in [2.05, 4.69) is 23.7 Å². The first-order chi connectivity index (χ1) is 11.8. The van der Waals surface area contributed by atoms with E-state index < -0.39 is 0 Å². The van der Waals surface area contributed by atoms with Crippen molar-refractivity contribution >= 4 is 0 Å². The van der Waals surface area contributed by atoms with Crippen LogP contribution in [0.4, 0.5) is 0 Å². The van der Waals surface area contributed by atoms with Crippen molar-refractivity contribution < 1.29 is 0 Å². The third-order valence-corrected chi connectivity index (χ3v) is 3.40. The van der Waals surface area contributed by atoms with Crippen molar-refractivity contribution in [2.45, 2.75) is 13.8 Å². The normalized spacial score (nSPS) is 10.1. The van der Waals surface area contributed by atoms with Crippen molar-refractivity contribution in [3.05, 3.63) is 97.4 Å². The van der Waals surface area contributed by atoms with Gasteiger partial charge in [-0.25, -0.2) is 4.98 Å². The maximum atomic E-state index is 4.75. The van der Waals surface area contributed by atoms with Gasteiger partial charge in [-0.2, -0.15) is 0 Å². The molecule has 0 radical (unpaired) electrons. The van der Waals surface area contributed by atoms with Crippen LogP contribution in [0.3, 0.4) is 0 Å². The first kappa shape index (κ1) is 17.4. The lowest BCUT2D eigenvalue weighted by Crippen LogP contribution is -1.94. The van der Waals surface area contributed by atoms with Crippen molar-refractivity contribution in [2.75, 3.05) is 0 Å². The molecule has 0 spiro atoms. The number of aromatic nitrogens is 2. The van der Waals surface area contributed by atoms with Gasteiger partial charge in [-0.1, -0.05) is 85.5 Å².